The Morgan fingerprint density at radius 2 is 1.67 bits per heavy atom. The van der Waals surface area contributed by atoms with Gasteiger partial charge in [-0.3, -0.25) is 4.98 Å². The Hall–Kier alpha value is -3.86. The van der Waals surface area contributed by atoms with Gasteiger partial charge in [-0.25, -0.2) is 4.79 Å². The first-order valence-corrected chi connectivity index (χ1v) is 11.2. The highest BCUT2D eigenvalue weighted by molar-refractivity contribution is 5.94. The fraction of sp³-hybridized carbons (Fsp3) is 0.214. The van der Waals surface area contributed by atoms with Gasteiger partial charge in [0.1, 0.15) is 0 Å². The van der Waals surface area contributed by atoms with Crippen LogP contribution in [0.15, 0.2) is 66.7 Å². The van der Waals surface area contributed by atoms with Crippen LogP contribution in [0.4, 0.5) is 11.4 Å². The summed E-state index contributed by atoms with van der Waals surface area (Å²) in [6, 6.07) is 22.1. The first-order valence-electron chi connectivity index (χ1n) is 11.2. The minimum Gasteiger partial charge on any atom is -0.478 e. The van der Waals surface area contributed by atoms with E-state index in [9.17, 15) is 9.90 Å². The molecule has 0 saturated carbocycles. The highest BCUT2D eigenvalue weighted by Crippen LogP contribution is 2.35. The number of para-hydroxylation sites is 1. The number of benzene rings is 3. The average Bonchev–Trinajstić information content (AvgIpc) is 3.22. The lowest BCUT2D eigenvalue weighted by atomic mass is 9.98. The second-order valence-electron chi connectivity index (χ2n) is 8.86. The maximum absolute atomic E-state index is 11.7. The number of carboxylic acids is 1. The van der Waals surface area contributed by atoms with Crippen LogP contribution in [0.5, 0.6) is 0 Å². The molecule has 0 fully saturated rings. The number of pyridine rings is 1. The number of hydrogen-bond donors (Lipinski definition) is 2. The van der Waals surface area contributed by atoms with Crippen LogP contribution < -0.4 is 10.2 Å². The maximum Gasteiger partial charge on any atom is 0.337 e. The van der Waals surface area contributed by atoms with E-state index < -0.39 is 5.97 Å². The molecule has 1 aliphatic rings. The van der Waals surface area contributed by atoms with Crippen molar-refractivity contribution in [2.45, 2.75) is 39.9 Å². The second kappa shape index (κ2) is 8.24. The fourth-order valence-electron chi connectivity index (χ4n) is 4.82. The largest absolute Gasteiger partial charge is 0.478 e. The Morgan fingerprint density at radius 1 is 1.00 bits per heavy atom. The summed E-state index contributed by atoms with van der Waals surface area (Å²) in [5, 5.41) is 14.1. The number of carboxylic acid groups (broad SMARTS) is 1. The zero-order valence-corrected chi connectivity index (χ0v) is 19.1. The first kappa shape index (κ1) is 21.0. The van der Waals surface area contributed by atoms with E-state index in [4.69, 9.17) is 4.98 Å². The molecule has 2 N–H and O–H groups in total. The Morgan fingerprint density at radius 3 is 2.36 bits per heavy atom. The van der Waals surface area contributed by atoms with Crippen LogP contribution in [-0.2, 0) is 13.1 Å². The minimum atomic E-state index is -0.937. The van der Waals surface area contributed by atoms with E-state index in [1.165, 1.54) is 11.1 Å². The van der Waals surface area contributed by atoms with Crippen molar-refractivity contribution >= 4 is 28.2 Å². The Labute approximate surface area is 193 Å². The summed E-state index contributed by atoms with van der Waals surface area (Å²) in [6.45, 7) is 7.97. The molecule has 1 aliphatic heterocycles. The van der Waals surface area contributed by atoms with Crippen LogP contribution in [-0.4, -0.2) is 16.1 Å². The van der Waals surface area contributed by atoms with Crippen LogP contribution in [0.3, 0.4) is 0 Å². The van der Waals surface area contributed by atoms with Gasteiger partial charge in [-0.2, -0.15) is 0 Å². The molecule has 0 aliphatic carbocycles. The van der Waals surface area contributed by atoms with Crippen molar-refractivity contribution in [1.29, 1.82) is 0 Å². The smallest absolute Gasteiger partial charge is 0.337 e. The second-order valence-corrected chi connectivity index (χ2v) is 8.86. The number of nitrogens with zero attached hydrogens (tertiary/aromatic N) is 2. The van der Waals surface area contributed by atoms with E-state index in [0.29, 0.717) is 5.69 Å². The lowest BCUT2D eigenvalue weighted by Gasteiger charge is -2.23. The molecule has 0 radical (unpaired) electrons. The SMILES string of the molecule is Cc1cc([C@H](C)Nc2ccccc2C(=O)O)c2cc(N3Cc4ccccc4C3)c(C)nc2c1. The average molecular weight is 438 g/mol. The molecule has 0 amide bonds. The predicted octanol–water partition coefficient (Wildman–Crippen LogP) is 6.24. The van der Waals surface area contributed by atoms with Gasteiger partial charge in [0.2, 0.25) is 0 Å². The van der Waals surface area contributed by atoms with Crippen molar-refractivity contribution in [2.24, 2.45) is 0 Å². The molecule has 0 unspecified atom stereocenters. The fourth-order valence-corrected chi connectivity index (χ4v) is 4.82. The zero-order valence-electron chi connectivity index (χ0n) is 19.1. The van der Waals surface area contributed by atoms with E-state index in [2.05, 4.69) is 73.5 Å². The molecule has 33 heavy (non-hydrogen) atoms. The summed E-state index contributed by atoms with van der Waals surface area (Å²) < 4.78 is 0. The van der Waals surface area contributed by atoms with Gasteiger partial charge in [-0.1, -0.05) is 42.5 Å². The third-order valence-corrected chi connectivity index (χ3v) is 6.45. The van der Waals surface area contributed by atoms with Crippen LogP contribution >= 0.6 is 0 Å². The number of hydrogen-bond acceptors (Lipinski definition) is 4. The summed E-state index contributed by atoms with van der Waals surface area (Å²) in [4.78, 5) is 19.0. The van der Waals surface area contributed by atoms with E-state index in [1.807, 2.05) is 12.1 Å². The van der Waals surface area contributed by atoms with Crippen molar-refractivity contribution in [3.05, 3.63) is 100 Å². The minimum absolute atomic E-state index is 0.0963. The standard InChI is InChI=1S/C28H27N3O2/c1-17-12-23(18(2)29-25-11-7-6-10-22(25)28(32)33)24-14-27(19(3)30-26(24)13-17)31-15-20-8-4-5-9-21(20)16-31/h4-14,18,29H,15-16H2,1-3H3,(H,32,33)/t18-/m0/s1. The van der Waals surface area contributed by atoms with Crippen molar-refractivity contribution in [2.75, 3.05) is 10.2 Å². The van der Waals surface area contributed by atoms with Crippen LogP contribution in [0, 0.1) is 13.8 Å². The number of rotatable bonds is 5. The van der Waals surface area contributed by atoms with Gasteiger partial charge in [-0.15, -0.1) is 0 Å². The number of carbonyl (C=O) groups is 1. The normalized spacial score (nSPS) is 13.7. The highest BCUT2D eigenvalue weighted by Gasteiger charge is 2.22. The quantitative estimate of drug-likeness (QED) is 0.387. The van der Waals surface area contributed by atoms with Crippen molar-refractivity contribution in [3.63, 3.8) is 0 Å². The molecule has 5 heteroatoms. The molecular weight excluding hydrogens is 410 g/mol. The number of anilines is 2. The highest BCUT2D eigenvalue weighted by atomic mass is 16.4. The summed E-state index contributed by atoms with van der Waals surface area (Å²) in [5.41, 5.74) is 8.96. The van der Waals surface area contributed by atoms with Crippen LogP contribution in [0.1, 0.15) is 51.3 Å². The van der Waals surface area contributed by atoms with Crippen LogP contribution in [0.25, 0.3) is 10.9 Å². The monoisotopic (exact) mass is 437 g/mol. The lowest BCUT2D eigenvalue weighted by Crippen LogP contribution is -2.17. The third-order valence-electron chi connectivity index (χ3n) is 6.45. The van der Waals surface area contributed by atoms with Gasteiger partial charge < -0.3 is 15.3 Å². The Bertz CT molecular complexity index is 1350. The summed E-state index contributed by atoms with van der Waals surface area (Å²) in [7, 11) is 0. The number of aromatic carboxylic acids is 1. The lowest BCUT2D eigenvalue weighted by molar-refractivity contribution is 0.0698. The summed E-state index contributed by atoms with van der Waals surface area (Å²) in [5.74, 6) is -0.937. The van der Waals surface area contributed by atoms with E-state index in [1.54, 1.807) is 12.1 Å². The first-order chi connectivity index (χ1) is 15.9. The van der Waals surface area contributed by atoms with E-state index >= 15 is 0 Å². The maximum atomic E-state index is 11.7. The van der Waals surface area contributed by atoms with Gasteiger partial charge in [0.15, 0.2) is 0 Å². The number of aryl methyl sites for hydroxylation is 2. The van der Waals surface area contributed by atoms with E-state index in [-0.39, 0.29) is 11.6 Å². The molecule has 1 aromatic heterocycles. The van der Waals surface area contributed by atoms with Gasteiger partial charge in [0.05, 0.1) is 22.5 Å². The molecule has 2 heterocycles. The predicted molar refractivity (Wildman–Crippen MR) is 133 cm³/mol. The molecule has 0 bridgehead atoms. The molecule has 1 atom stereocenters. The number of fused-ring (bicyclic) bond motifs is 2. The van der Waals surface area contributed by atoms with Crippen LogP contribution in [0.2, 0.25) is 0 Å². The van der Waals surface area contributed by atoms with Crippen molar-refractivity contribution < 1.29 is 9.90 Å². The molecule has 4 aromatic rings. The van der Waals surface area contributed by atoms with Gasteiger partial charge in [0.25, 0.3) is 0 Å². The van der Waals surface area contributed by atoms with Crippen molar-refractivity contribution in [3.8, 4) is 0 Å². The zero-order chi connectivity index (χ0) is 23.1. The Balaban J connectivity index is 1.55. The summed E-state index contributed by atoms with van der Waals surface area (Å²) in [6.07, 6.45) is 0. The molecule has 5 nitrogen and oxygen atoms in total. The molecule has 3 aromatic carbocycles. The molecule has 0 spiro atoms. The Kier molecular flexibility index (Phi) is 5.25. The van der Waals surface area contributed by atoms with Gasteiger partial charge in [-0.05, 0) is 67.3 Å². The molecule has 5 rings (SSSR count). The van der Waals surface area contributed by atoms with Gasteiger partial charge in [0, 0.05) is 30.2 Å². The molecule has 166 valence electrons. The van der Waals surface area contributed by atoms with E-state index in [0.717, 1.165) is 46.5 Å². The number of aromatic nitrogens is 1. The molecular formula is C28H27N3O2. The van der Waals surface area contributed by atoms with Crippen molar-refractivity contribution in [1.82, 2.24) is 4.98 Å². The molecule has 0 saturated heterocycles. The summed E-state index contributed by atoms with van der Waals surface area (Å²) >= 11 is 0. The van der Waals surface area contributed by atoms with Gasteiger partial charge >= 0.3 is 5.97 Å². The third kappa shape index (κ3) is 3.91. The number of nitrogens with one attached hydrogen (secondary N) is 1. The topological polar surface area (TPSA) is 65.5 Å².